The van der Waals surface area contributed by atoms with Gasteiger partial charge in [-0.25, -0.2) is 8.78 Å². The standard InChI is InChI=1S/C9H8F2O2/c10-6-1-5-3-13-4-8(12)9(5)7(11)2-6/h1-2,8,12H,3-4H2. The average molecular weight is 186 g/mol. The van der Waals surface area contributed by atoms with E-state index in [1.165, 1.54) is 6.07 Å². The highest BCUT2D eigenvalue weighted by molar-refractivity contribution is 5.32. The summed E-state index contributed by atoms with van der Waals surface area (Å²) in [6.07, 6.45) is -0.982. The Morgan fingerprint density at radius 2 is 2.15 bits per heavy atom. The molecule has 0 spiro atoms. The molecular formula is C9H8F2O2. The minimum Gasteiger partial charge on any atom is -0.386 e. The van der Waals surface area contributed by atoms with E-state index >= 15 is 0 Å². The molecule has 1 unspecified atom stereocenters. The van der Waals surface area contributed by atoms with E-state index in [0.717, 1.165) is 6.07 Å². The number of aliphatic hydroxyl groups is 1. The van der Waals surface area contributed by atoms with Gasteiger partial charge >= 0.3 is 0 Å². The van der Waals surface area contributed by atoms with E-state index in [-0.39, 0.29) is 18.8 Å². The maximum absolute atomic E-state index is 13.1. The van der Waals surface area contributed by atoms with Gasteiger partial charge in [-0.2, -0.15) is 0 Å². The lowest BCUT2D eigenvalue weighted by Gasteiger charge is -2.21. The highest BCUT2D eigenvalue weighted by atomic mass is 19.1. The smallest absolute Gasteiger partial charge is 0.132 e. The maximum Gasteiger partial charge on any atom is 0.132 e. The van der Waals surface area contributed by atoms with Crippen molar-refractivity contribution in [1.82, 2.24) is 0 Å². The molecule has 1 N–H and O–H groups in total. The molecule has 0 fully saturated rings. The van der Waals surface area contributed by atoms with Gasteiger partial charge in [0.1, 0.15) is 17.7 Å². The monoisotopic (exact) mass is 186 g/mol. The lowest BCUT2D eigenvalue weighted by Crippen LogP contribution is -2.18. The van der Waals surface area contributed by atoms with Crippen molar-refractivity contribution in [3.05, 3.63) is 34.9 Å². The molecule has 0 amide bonds. The number of fused-ring (bicyclic) bond motifs is 1. The molecule has 1 aromatic rings. The number of aliphatic hydroxyl groups excluding tert-OH is 1. The maximum atomic E-state index is 13.1. The van der Waals surface area contributed by atoms with Crippen molar-refractivity contribution in [2.24, 2.45) is 0 Å². The second-order valence-electron chi connectivity index (χ2n) is 2.99. The predicted octanol–water partition coefficient (Wildman–Crippen LogP) is 1.53. The fourth-order valence-electron chi connectivity index (χ4n) is 1.49. The second-order valence-corrected chi connectivity index (χ2v) is 2.99. The van der Waals surface area contributed by atoms with Crippen LogP contribution >= 0.6 is 0 Å². The minimum atomic E-state index is -0.982. The van der Waals surface area contributed by atoms with Crippen molar-refractivity contribution >= 4 is 0 Å². The third-order valence-electron chi connectivity index (χ3n) is 2.05. The third kappa shape index (κ3) is 1.43. The first-order valence-electron chi connectivity index (χ1n) is 3.92. The Hall–Kier alpha value is -1.00. The molecule has 1 aliphatic rings. The van der Waals surface area contributed by atoms with Gasteiger partial charge < -0.3 is 9.84 Å². The van der Waals surface area contributed by atoms with E-state index in [1.54, 1.807) is 0 Å². The Morgan fingerprint density at radius 3 is 2.92 bits per heavy atom. The summed E-state index contributed by atoms with van der Waals surface area (Å²) >= 11 is 0. The summed E-state index contributed by atoms with van der Waals surface area (Å²) in [5, 5.41) is 9.35. The highest BCUT2D eigenvalue weighted by Crippen LogP contribution is 2.27. The summed E-state index contributed by atoms with van der Waals surface area (Å²) < 4.78 is 30.8. The van der Waals surface area contributed by atoms with Crippen LogP contribution in [0.4, 0.5) is 8.78 Å². The topological polar surface area (TPSA) is 29.5 Å². The quantitative estimate of drug-likeness (QED) is 0.665. The van der Waals surface area contributed by atoms with Gasteiger partial charge in [0, 0.05) is 11.6 Å². The van der Waals surface area contributed by atoms with Crippen molar-refractivity contribution < 1.29 is 18.6 Å². The van der Waals surface area contributed by atoms with Gasteiger partial charge in [-0.05, 0) is 11.6 Å². The summed E-state index contributed by atoms with van der Waals surface area (Å²) in [4.78, 5) is 0. The van der Waals surface area contributed by atoms with Crippen molar-refractivity contribution in [1.29, 1.82) is 0 Å². The molecule has 0 aromatic heterocycles. The fraction of sp³-hybridized carbons (Fsp3) is 0.333. The van der Waals surface area contributed by atoms with Gasteiger partial charge in [0.25, 0.3) is 0 Å². The summed E-state index contributed by atoms with van der Waals surface area (Å²) in [7, 11) is 0. The van der Waals surface area contributed by atoms with Crippen molar-refractivity contribution in [2.45, 2.75) is 12.7 Å². The largest absolute Gasteiger partial charge is 0.386 e. The van der Waals surface area contributed by atoms with Crippen LogP contribution in [0.5, 0.6) is 0 Å². The molecule has 70 valence electrons. The summed E-state index contributed by atoms with van der Waals surface area (Å²) in [6, 6.07) is 1.95. The zero-order valence-corrected chi connectivity index (χ0v) is 6.76. The van der Waals surface area contributed by atoms with Gasteiger partial charge in [0.05, 0.1) is 13.2 Å². The van der Waals surface area contributed by atoms with Crippen LogP contribution in [0.1, 0.15) is 17.2 Å². The SMILES string of the molecule is OC1COCc2cc(F)cc(F)c21. The zero-order valence-electron chi connectivity index (χ0n) is 6.76. The minimum absolute atomic E-state index is 0.0650. The van der Waals surface area contributed by atoms with Crippen LogP contribution in [-0.2, 0) is 11.3 Å². The van der Waals surface area contributed by atoms with Gasteiger partial charge in [-0.1, -0.05) is 0 Å². The molecule has 2 nitrogen and oxygen atoms in total. The van der Waals surface area contributed by atoms with Crippen molar-refractivity contribution in [3.63, 3.8) is 0 Å². The van der Waals surface area contributed by atoms with Gasteiger partial charge in [-0.15, -0.1) is 0 Å². The Balaban J connectivity index is 2.56. The first kappa shape index (κ1) is 8.59. The van der Waals surface area contributed by atoms with Crippen molar-refractivity contribution in [3.8, 4) is 0 Å². The number of hydrogen-bond acceptors (Lipinski definition) is 2. The molecule has 1 heterocycles. The number of halogens is 2. The molecule has 0 saturated heterocycles. The summed E-state index contributed by atoms with van der Waals surface area (Å²) in [5.74, 6) is -1.35. The Kier molecular flexibility index (Phi) is 2.01. The van der Waals surface area contributed by atoms with E-state index in [4.69, 9.17) is 4.74 Å². The molecular weight excluding hydrogens is 178 g/mol. The van der Waals surface area contributed by atoms with Gasteiger partial charge in [0.2, 0.25) is 0 Å². The van der Waals surface area contributed by atoms with Gasteiger partial charge in [-0.3, -0.25) is 0 Å². The average Bonchev–Trinajstić information content (AvgIpc) is 2.02. The Morgan fingerprint density at radius 1 is 1.38 bits per heavy atom. The predicted molar refractivity (Wildman–Crippen MR) is 41.0 cm³/mol. The molecule has 4 heteroatoms. The second kappa shape index (κ2) is 3.05. The van der Waals surface area contributed by atoms with Crippen molar-refractivity contribution in [2.75, 3.05) is 6.61 Å². The Labute approximate surface area is 73.8 Å². The first-order valence-corrected chi connectivity index (χ1v) is 3.92. The van der Waals surface area contributed by atoms with E-state index in [1.807, 2.05) is 0 Å². The Bertz CT molecular complexity index is 339. The van der Waals surface area contributed by atoms with E-state index < -0.39 is 17.7 Å². The molecule has 1 atom stereocenters. The molecule has 13 heavy (non-hydrogen) atoms. The lowest BCUT2D eigenvalue weighted by molar-refractivity contribution is 0.00728. The van der Waals surface area contributed by atoms with Gasteiger partial charge in [0.15, 0.2) is 0 Å². The van der Waals surface area contributed by atoms with Crippen LogP contribution in [0.25, 0.3) is 0 Å². The van der Waals surface area contributed by atoms with Crippen LogP contribution in [0.3, 0.4) is 0 Å². The van der Waals surface area contributed by atoms with Crippen LogP contribution in [0.15, 0.2) is 12.1 Å². The van der Waals surface area contributed by atoms with Crippen LogP contribution in [-0.4, -0.2) is 11.7 Å². The molecule has 0 saturated carbocycles. The van der Waals surface area contributed by atoms with Crippen LogP contribution in [0.2, 0.25) is 0 Å². The lowest BCUT2D eigenvalue weighted by atomic mass is 10.0. The zero-order chi connectivity index (χ0) is 9.42. The normalized spacial score (nSPS) is 21.3. The van der Waals surface area contributed by atoms with Crippen LogP contribution in [0, 0.1) is 11.6 Å². The van der Waals surface area contributed by atoms with E-state index in [9.17, 15) is 13.9 Å². The first-order chi connectivity index (χ1) is 6.18. The highest BCUT2D eigenvalue weighted by Gasteiger charge is 2.23. The summed E-state index contributed by atoms with van der Waals surface area (Å²) in [6.45, 7) is 0.219. The fourth-order valence-corrected chi connectivity index (χ4v) is 1.49. The number of benzene rings is 1. The van der Waals surface area contributed by atoms with E-state index in [0.29, 0.717) is 5.56 Å². The number of rotatable bonds is 0. The third-order valence-corrected chi connectivity index (χ3v) is 2.05. The van der Waals surface area contributed by atoms with E-state index in [2.05, 4.69) is 0 Å². The molecule has 2 rings (SSSR count). The molecule has 1 aliphatic heterocycles. The molecule has 0 radical (unpaired) electrons. The number of ether oxygens (including phenoxy) is 1. The molecule has 0 aliphatic carbocycles. The molecule has 1 aromatic carbocycles. The molecule has 0 bridgehead atoms. The number of hydrogen-bond donors (Lipinski definition) is 1. The summed E-state index contributed by atoms with van der Waals surface area (Å²) in [5.41, 5.74) is 0.545. The van der Waals surface area contributed by atoms with Crippen LogP contribution < -0.4 is 0 Å².